The Kier molecular flexibility index (Phi) is 5.77. The van der Waals surface area contributed by atoms with Gasteiger partial charge in [-0.15, -0.1) is 12.4 Å². The zero-order valence-electron chi connectivity index (χ0n) is 13.3. The number of nitrogens with zero attached hydrogens (tertiary/aromatic N) is 2. The Morgan fingerprint density at radius 1 is 1.28 bits per heavy atom. The van der Waals surface area contributed by atoms with Crippen LogP contribution in [0, 0.1) is 12.7 Å². The molecule has 0 aliphatic carbocycles. The SMILES string of the molecule is COC(=O)c1cnc2nc(C)ccc2c1Nc1ccc(Cl)cc1F.Cl. The van der Waals surface area contributed by atoms with Crippen molar-refractivity contribution in [1.29, 1.82) is 0 Å². The summed E-state index contributed by atoms with van der Waals surface area (Å²) in [4.78, 5) is 20.5. The molecule has 130 valence electrons. The number of halogens is 3. The van der Waals surface area contributed by atoms with Gasteiger partial charge in [-0.1, -0.05) is 11.6 Å². The average Bonchev–Trinajstić information content (AvgIpc) is 2.56. The first-order valence-electron chi connectivity index (χ1n) is 7.06. The number of hydrogen-bond acceptors (Lipinski definition) is 5. The summed E-state index contributed by atoms with van der Waals surface area (Å²) < 4.78 is 18.9. The molecule has 0 unspecified atom stereocenters. The first-order valence-corrected chi connectivity index (χ1v) is 7.44. The van der Waals surface area contributed by atoms with Gasteiger partial charge in [0, 0.05) is 22.3 Å². The second kappa shape index (κ2) is 7.63. The van der Waals surface area contributed by atoms with Crippen LogP contribution in [0.2, 0.25) is 5.02 Å². The van der Waals surface area contributed by atoms with Crippen molar-refractivity contribution >= 4 is 52.4 Å². The number of esters is 1. The molecule has 0 amide bonds. The molecule has 1 aromatic carbocycles. The molecule has 0 saturated carbocycles. The molecule has 0 atom stereocenters. The monoisotopic (exact) mass is 381 g/mol. The van der Waals surface area contributed by atoms with Crippen molar-refractivity contribution in [2.24, 2.45) is 0 Å². The molecule has 0 radical (unpaired) electrons. The Morgan fingerprint density at radius 2 is 2.04 bits per heavy atom. The third-order valence-electron chi connectivity index (χ3n) is 3.47. The van der Waals surface area contributed by atoms with Crippen LogP contribution in [-0.2, 0) is 4.74 Å². The highest BCUT2D eigenvalue weighted by Crippen LogP contribution is 2.31. The number of pyridine rings is 2. The van der Waals surface area contributed by atoms with Gasteiger partial charge >= 0.3 is 5.97 Å². The van der Waals surface area contributed by atoms with E-state index in [2.05, 4.69) is 15.3 Å². The lowest BCUT2D eigenvalue weighted by molar-refractivity contribution is 0.0601. The van der Waals surface area contributed by atoms with Crippen molar-refractivity contribution in [2.45, 2.75) is 6.92 Å². The summed E-state index contributed by atoms with van der Waals surface area (Å²) in [6, 6.07) is 7.79. The molecular formula is C17H14Cl2FN3O2. The van der Waals surface area contributed by atoms with E-state index in [1.165, 1.54) is 25.4 Å². The number of rotatable bonds is 3. The molecule has 0 aliphatic rings. The highest BCUT2D eigenvalue weighted by atomic mass is 35.5. The highest BCUT2D eigenvalue weighted by Gasteiger charge is 2.18. The molecule has 0 spiro atoms. The van der Waals surface area contributed by atoms with Gasteiger partial charge in [0.25, 0.3) is 0 Å². The molecule has 0 fully saturated rings. The van der Waals surface area contributed by atoms with E-state index < -0.39 is 11.8 Å². The number of anilines is 2. The number of methoxy groups -OCH3 is 1. The lowest BCUT2D eigenvalue weighted by Crippen LogP contribution is -2.08. The Bertz CT molecular complexity index is 951. The van der Waals surface area contributed by atoms with Gasteiger partial charge in [0.2, 0.25) is 0 Å². The number of aryl methyl sites for hydroxylation is 1. The average molecular weight is 382 g/mol. The van der Waals surface area contributed by atoms with Gasteiger partial charge in [-0.05, 0) is 37.3 Å². The van der Waals surface area contributed by atoms with Crippen molar-refractivity contribution in [3.8, 4) is 0 Å². The Labute approximate surface area is 154 Å². The molecule has 25 heavy (non-hydrogen) atoms. The minimum atomic E-state index is -0.582. The normalized spacial score (nSPS) is 10.2. The predicted molar refractivity (Wildman–Crippen MR) is 97.6 cm³/mol. The highest BCUT2D eigenvalue weighted by molar-refractivity contribution is 6.30. The topological polar surface area (TPSA) is 64.1 Å². The van der Waals surface area contributed by atoms with Crippen molar-refractivity contribution < 1.29 is 13.9 Å². The zero-order valence-corrected chi connectivity index (χ0v) is 14.9. The molecule has 2 heterocycles. The Morgan fingerprint density at radius 3 is 2.72 bits per heavy atom. The van der Waals surface area contributed by atoms with Crippen LogP contribution in [0.4, 0.5) is 15.8 Å². The molecular weight excluding hydrogens is 368 g/mol. The fourth-order valence-electron chi connectivity index (χ4n) is 2.30. The molecule has 2 aromatic heterocycles. The summed E-state index contributed by atoms with van der Waals surface area (Å²) in [5.74, 6) is -1.12. The number of nitrogens with one attached hydrogen (secondary N) is 1. The van der Waals surface area contributed by atoms with Gasteiger partial charge < -0.3 is 10.1 Å². The van der Waals surface area contributed by atoms with Gasteiger partial charge in [0.15, 0.2) is 5.65 Å². The van der Waals surface area contributed by atoms with Crippen LogP contribution in [0.25, 0.3) is 11.0 Å². The number of aromatic nitrogens is 2. The Balaban J connectivity index is 0.00000225. The van der Waals surface area contributed by atoms with Gasteiger partial charge in [0.1, 0.15) is 11.4 Å². The van der Waals surface area contributed by atoms with E-state index >= 15 is 0 Å². The summed E-state index contributed by atoms with van der Waals surface area (Å²) in [5.41, 5.74) is 1.96. The summed E-state index contributed by atoms with van der Waals surface area (Å²) in [7, 11) is 1.27. The quantitative estimate of drug-likeness (QED) is 0.667. The standard InChI is InChI=1S/C17H13ClFN3O2.ClH/c1-9-3-5-11-15(22-14-6-4-10(18)7-13(14)19)12(17(23)24-2)8-20-16(11)21-9;/h3-8H,1-2H3,(H,20,21,22);1H. The molecule has 0 aliphatic heterocycles. The van der Waals surface area contributed by atoms with E-state index in [-0.39, 0.29) is 28.7 Å². The fraction of sp³-hybridized carbons (Fsp3) is 0.118. The minimum absolute atomic E-state index is 0. The molecule has 5 nitrogen and oxygen atoms in total. The van der Waals surface area contributed by atoms with Gasteiger partial charge in [-0.2, -0.15) is 0 Å². The van der Waals surface area contributed by atoms with E-state index in [1.807, 2.05) is 6.92 Å². The largest absolute Gasteiger partial charge is 0.465 e. The summed E-state index contributed by atoms with van der Waals surface area (Å²) in [5, 5.41) is 3.79. The van der Waals surface area contributed by atoms with Crippen molar-refractivity contribution in [3.63, 3.8) is 0 Å². The zero-order chi connectivity index (χ0) is 17.3. The summed E-state index contributed by atoms with van der Waals surface area (Å²) in [6.45, 7) is 1.83. The van der Waals surface area contributed by atoms with E-state index in [9.17, 15) is 9.18 Å². The van der Waals surface area contributed by atoms with E-state index in [1.54, 1.807) is 18.2 Å². The lowest BCUT2D eigenvalue weighted by Gasteiger charge is -2.14. The second-order valence-electron chi connectivity index (χ2n) is 5.11. The van der Waals surface area contributed by atoms with E-state index in [0.29, 0.717) is 16.7 Å². The van der Waals surface area contributed by atoms with Crippen LogP contribution in [0.1, 0.15) is 16.1 Å². The van der Waals surface area contributed by atoms with E-state index in [4.69, 9.17) is 16.3 Å². The van der Waals surface area contributed by atoms with E-state index in [0.717, 1.165) is 5.69 Å². The van der Waals surface area contributed by atoms with Crippen LogP contribution in [0.5, 0.6) is 0 Å². The summed E-state index contributed by atoms with van der Waals surface area (Å²) >= 11 is 5.77. The molecule has 3 rings (SSSR count). The maximum atomic E-state index is 14.1. The number of benzene rings is 1. The van der Waals surface area contributed by atoms with Crippen LogP contribution >= 0.6 is 24.0 Å². The van der Waals surface area contributed by atoms with Crippen molar-refractivity contribution in [1.82, 2.24) is 9.97 Å². The molecule has 0 bridgehead atoms. The van der Waals surface area contributed by atoms with Crippen molar-refractivity contribution in [2.75, 3.05) is 12.4 Å². The first-order chi connectivity index (χ1) is 11.5. The van der Waals surface area contributed by atoms with Crippen LogP contribution in [0.3, 0.4) is 0 Å². The lowest BCUT2D eigenvalue weighted by atomic mass is 10.1. The van der Waals surface area contributed by atoms with Crippen LogP contribution in [0.15, 0.2) is 36.5 Å². The molecule has 1 N–H and O–H groups in total. The summed E-state index contributed by atoms with van der Waals surface area (Å²) in [6.07, 6.45) is 1.36. The van der Waals surface area contributed by atoms with Crippen molar-refractivity contribution in [3.05, 3.63) is 58.6 Å². The number of carbonyl (C=O) groups is 1. The Hall–Kier alpha value is -2.44. The number of carbonyl (C=O) groups excluding carboxylic acids is 1. The number of hydrogen-bond donors (Lipinski definition) is 1. The third kappa shape index (κ3) is 3.81. The smallest absolute Gasteiger partial charge is 0.341 e. The first kappa shape index (κ1) is 18.9. The second-order valence-corrected chi connectivity index (χ2v) is 5.55. The molecule has 3 aromatic rings. The predicted octanol–water partition coefficient (Wildman–Crippen LogP) is 4.68. The van der Waals surface area contributed by atoms with Gasteiger partial charge in [-0.3, -0.25) is 0 Å². The van der Waals surface area contributed by atoms with Gasteiger partial charge in [-0.25, -0.2) is 19.2 Å². The molecule has 8 heteroatoms. The minimum Gasteiger partial charge on any atom is -0.465 e. The van der Waals surface area contributed by atoms with Crippen LogP contribution in [-0.4, -0.2) is 23.0 Å². The van der Waals surface area contributed by atoms with Gasteiger partial charge in [0.05, 0.1) is 18.5 Å². The maximum absolute atomic E-state index is 14.1. The number of ether oxygens (including phenoxy) is 1. The van der Waals surface area contributed by atoms with Crippen LogP contribution < -0.4 is 5.32 Å². The number of fused-ring (bicyclic) bond motifs is 1. The molecule has 0 saturated heterocycles. The third-order valence-corrected chi connectivity index (χ3v) is 3.70. The fourth-order valence-corrected chi connectivity index (χ4v) is 2.46. The maximum Gasteiger partial charge on any atom is 0.341 e.